The average Bonchev–Trinajstić information content (AvgIpc) is 2.35. The number of rotatable bonds is 6. The van der Waals surface area contributed by atoms with Gasteiger partial charge in [0, 0.05) is 11.1 Å². The van der Waals surface area contributed by atoms with Crippen LogP contribution in [0.25, 0.3) is 6.08 Å². The predicted molar refractivity (Wildman–Crippen MR) is 73.9 cm³/mol. The molecule has 0 aliphatic carbocycles. The number of amides is 2. The van der Waals surface area contributed by atoms with Crippen molar-refractivity contribution in [2.45, 2.75) is 12.5 Å². The van der Waals surface area contributed by atoms with Crippen LogP contribution >= 0.6 is 11.6 Å². The first kappa shape index (κ1) is 15.7. The normalized spacial score (nSPS) is 12.1. The largest absolute Gasteiger partial charge is 0.480 e. The van der Waals surface area contributed by atoms with E-state index in [9.17, 15) is 14.4 Å². The molecule has 0 aromatic heterocycles. The van der Waals surface area contributed by atoms with Crippen LogP contribution < -0.4 is 11.1 Å². The molecule has 0 fully saturated rings. The molecule has 106 valence electrons. The molecule has 1 aromatic carbocycles. The highest BCUT2D eigenvalue weighted by Gasteiger charge is 2.20. The van der Waals surface area contributed by atoms with Crippen molar-refractivity contribution in [3.05, 3.63) is 40.9 Å². The van der Waals surface area contributed by atoms with Gasteiger partial charge in [0.15, 0.2) is 0 Å². The Hall–Kier alpha value is -2.34. The molecular weight excluding hydrogens is 284 g/mol. The summed E-state index contributed by atoms with van der Waals surface area (Å²) < 4.78 is 0. The van der Waals surface area contributed by atoms with Crippen molar-refractivity contribution in [1.82, 2.24) is 5.32 Å². The Morgan fingerprint density at radius 3 is 2.65 bits per heavy atom. The number of hydrogen-bond acceptors (Lipinski definition) is 3. The zero-order chi connectivity index (χ0) is 15.1. The number of carbonyl (C=O) groups excluding carboxylic acids is 2. The minimum atomic E-state index is -1.34. The summed E-state index contributed by atoms with van der Waals surface area (Å²) in [4.78, 5) is 33.1. The van der Waals surface area contributed by atoms with Crippen molar-refractivity contribution < 1.29 is 19.5 Å². The van der Waals surface area contributed by atoms with Crippen LogP contribution in [0.4, 0.5) is 0 Å². The standard InChI is InChI=1S/C13H13ClN2O4/c14-9-3-1-2-8(6-9)4-5-12(18)16-10(13(19)20)7-11(15)17/h1-6,10H,7H2,(H2,15,17)(H,16,18)(H,19,20)/t10-/m0/s1. The number of carboxylic acids is 1. The molecule has 0 aliphatic heterocycles. The monoisotopic (exact) mass is 296 g/mol. The maximum atomic E-state index is 11.6. The molecule has 1 rings (SSSR count). The van der Waals surface area contributed by atoms with E-state index in [4.69, 9.17) is 22.4 Å². The number of carboxylic acid groups (broad SMARTS) is 1. The summed E-state index contributed by atoms with van der Waals surface area (Å²) in [7, 11) is 0. The predicted octanol–water partition coefficient (Wildman–Crippen LogP) is 0.798. The Bertz CT molecular complexity index is 557. The van der Waals surface area contributed by atoms with E-state index in [-0.39, 0.29) is 0 Å². The lowest BCUT2D eigenvalue weighted by Crippen LogP contribution is -2.42. The number of halogens is 1. The second-order valence-corrected chi connectivity index (χ2v) is 4.39. The Morgan fingerprint density at radius 1 is 1.40 bits per heavy atom. The fourth-order valence-electron chi connectivity index (χ4n) is 1.40. The smallest absolute Gasteiger partial charge is 0.326 e. The molecular formula is C13H13ClN2O4. The van der Waals surface area contributed by atoms with E-state index >= 15 is 0 Å². The quantitative estimate of drug-likeness (QED) is 0.674. The number of carbonyl (C=O) groups is 3. The molecule has 4 N–H and O–H groups in total. The van der Waals surface area contributed by atoms with Gasteiger partial charge in [0.25, 0.3) is 0 Å². The van der Waals surface area contributed by atoms with Gasteiger partial charge in [0.2, 0.25) is 11.8 Å². The van der Waals surface area contributed by atoms with Gasteiger partial charge in [-0.1, -0.05) is 23.7 Å². The van der Waals surface area contributed by atoms with Crippen LogP contribution in [0.1, 0.15) is 12.0 Å². The summed E-state index contributed by atoms with van der Waals surface area (Å²) in [6.07, 6.45) is 2.17. The molecule has 0 unspecified atom stereocenters. The van der Waals surface area contributed by atoms with E-state index in [2.05, 4.69) is 5.32 Å². The molecule has 6 nitrogen and oxygen atoms in total. The van der Waals surface area contributed by atoms with Crippen LogP contribution in [0.3, 0.4) is 0 Å². The molecule has 7 heteroatoms. The van der Waals surface area contributed by atoms with E-state index in [0.717, 1.165) is 6.08 Å². The van der Waals surface area contributed by atoms with E-state index < -0.39 is 30.2 Å². The Morgan fingerprint density at radius 2 is 2.10 bits per heavy atom. The lowest BCUT2D eigenvalue weighted by molar-refractivity contribution is -0.142. The minimum Gasteiger partial charge on any atom is -0.480 e. The number of benzene rings is 1. The Kier molecular flexibility index (Phi) is 5.74. The van der Waals surface area contributed by atoms with Gasteiger partial charge in [-0.05, 0) is 23.8 Å². The SMILES string of the molecule is NC(=O)C[C@H](NC(=O)C=Cc1cccc(Cl)c1)C(=O)O. The van der Waals surface area contributed by atoms with Gasteiger partial charge < -0.3 is 16.2 Å². The first-order valence-electron chi connectivity index (χ1n) is 5.63. The van der Waals surface area contributed by atoms with E-state index in [1.54, 1.807) is 24.3 Å². The first-order valence-corrected chi connectivity index (χ1v) is 6.01. The molecule has 2 amide bonds. The van der Waals surface area contributed by atoms with Gasteiger partial charge >= 0.3 is 5.97 Å². The Labute approximate surface area is 120 Å². The van der Waals surface area contributed by atoms with Gasteiger partial charge in [-0.3, -0.25) is 9.59 Å². The molecule has 0 radical (unpaired) electrons. The lowest BCUT2D eigenvalue weighted by Gasteiger charge is -2.10. The third-order valence-electron chi connectivity index (χ3n) is 2.30. The summed E-state index contributed by atoms with van der Waals surface area (Å²) in [5.74, 6) is -2.77. The summed E-state index contributed by atoms with van der Waals surface area (Å²) in [5, 5.41) is 11.5. The maximum absolute atomic E-state index is 11.6. The Balaban J connectivity index is 2.66. The van der Waals surface area contributed by atoms with E-state index in [0.29, 0.717) is 10.6 Å². The van der Waals surface area contributed by atoms with E-state index in [1.807, 2.05) is 0 Å². The highest BCUT2D eigenvalue weighted by molar-refractivity contribution is 6.30. The van der Waals surface area contributed by atoms with Crippen LogP contribution in [-0.2, 0) is 14.4 Å². The van der Waals surface area contributed by atoms with E-state index in [1.165, 1.54) is 6.08 Å². The van der Waals surface area contributed by atoms with Crippen molar-refractivity contribution in [2.75, 3.05) is 0 Å². The van der Waals surface area contributed by atoms with Crippen molar-refractivity contribution in [3.63, 3.8) is 0 Å². The summed E-state index contributed by atoms with van der Waals surface area (Å²) in [5.41, 5.74) is 5.59. The topological polar surface area (TPSA) is 109 Å². The van der Waals surface area contributed by atoms with Crippen LogP contribution in [0.5, 0.6) is 0 Å². The van der Waals surface area contributed by atoms with Gasteiger partial charge in [-0.2, -0.15) is 0 Å². The van der Waals surface area contributed by atoms with Gasteiger partial charge in [0.05, 0.1) is 6.42 Å². The van der Waals surface area contributed by atoms with Crippen molar-refractivity contribution in [3.8, 4) is 0 Å². The van der Waals surface area contributed by atoms with Crippen LogP contribution in [0.2, 0.25) is 5.02 Å². The van der Waals surface area contributed by atoms with Crippen molar-refractivity contribution in [1.29, 1.82) is 0 Å². The number of nitrogens with one attached hydrogen (secondary N) is 1. The number of hydrogen-bond donors (Lipinski definition) is 3. The highest BCUT2D eigenvalue weighted by Crippen LogP contribution is 2.11. The third kappa shape index (κ3) is 5.53. The molecule has 0 bridgehead atoms. The second-order valence-electron chi connectivity index (χ2n) is 3.96. The summed E-state index contributed by atoms with van der Waals surface area (Å²) >= 11 is 5.78. The van der Waals surface area contributed by atoms with Crippen molar-refractivity contribution in [2.24, 2.45) is 5.73 Å². The first-order chi connectivity index (χ1) is 9.38. The average molecular weight is 297 g/mol. The molecule has 20 heavy (non-hydrogen) atoms. The molecule has 0 spiro atoms. The molecule has 1 atom stereocenters. The highest BCUT2D eigenvalue weighted by atomic mass is 35.5. The maximum Gasteiger partial charge on any atom is 0.326 e. The van der Waals surface area contributed by atoms with Gasteiger partial charge in [-0.15, -0.1) is 0 Å². The van der Waals surface area contributed by atoms with Crippen LogP contribution in [0, 0.1) is 0 Å². The zero-order valence-corrected chi connectivity index (χ0v) is 11.1. The van der Waals surface area contributed by atoms with Gasteiger partial charge in [-0.25, -0.2) is 4.79 Å². The van der Waals surface area contributed by atoms with Crippen LogP contribution in [0.15, 0.2) is 30.3 Å². The zero-order valence-electron chi connectivity index (χ0n) is 10.4. The molecule has 1 aromatic rings. The van der Waals surface area contributed by atoms with Crippen LogP contribution in [-0.4, -0.2) is 28.9 Å². The van der Waals surface area contributed by atoms with Crippen molar-refractivity contribution >= 4 is 35.5 Å². The lowest BCUT2D eigenvalue weighted by atomic mass is 10.2. The third-order valence-corrected chi connectivity index (χ3v) is 2.53. The molecule has 0 aliphatic rings. The number of aliphatic carboxylic acids is 1. The molecule has 0 saturated heterocycles. The minimum absolute atomic E-state index is 0.466. The summed E-state index contributed by atoms with van der Waals surface area (Å²) in [6, 6.07) is 5.43. The fraction of sp³-hybridized carbons (Fsp3) is 0.154. The number of primary amides is 1. The second kappa shape index (κ2) is 7.30. The fourth-order valence-corrected chi connectivity index (χ4v) is 1.60. The summed E-state index contributed by atoms with van der Waals surface area (Å²) in [6.45, 7) is 0. The number of nitrogens with two attached hydrogens (primary N) is 1. The molecule has 0 saturated carbocycles. The molecule has 0 heterocycles. The van der Waals surface area contributed by atoms with Gasteiger partial charge in [0.1, 0.15) is 6.04 Å².